The van der Waals surface area contributed by atoms with Gasteiger partial charge in [0, 0.05) is 16.1 Å². The fourth-order valence-corrected chi connectivity index (χ4v) is 2.71. The van der Waals surface area contributed by atoms with Gasteiger partial charge in [-0.1, -0.05) is 0 Å². The SMILES string of the molecule is N#Cc1ccc2c(c1)-c1ccsc1CN2. The molecule has 2 nitrogen and oxygen atoms in total. The number of hydrogen-bond donors (Lipinski definition) is 1. The van der Waals surface area contributed by atoms with Crippen LogP contribution in [0.5, 0.6) is 0 Å². The lowest BCUT2D eigenvalue weighted by atomic mass is 9.99. The Balaban J connectivity index is 2.27. The summed E-state index contributed by atoms with van der Waals surface area (Å²) in [7, 11) is 0. The number of nitrogens with zero attached hydrogens (tertiary/aromatic N) is 1. The van der Waals surface area contributed by atoms with Crippen LogP contribution in [0.4, 0.5) is 5.69 Å². The fraction of sp³-hybridized carbons (Fsp3) is 0.0833. The molecule has 0 atom stereocenters. The van der Waals surface area contributed by atoms with Crippen molar-refractivity contribution in [3.63, 3.8) is 0 Å². The van der Waals surface area contributed by atoms with E-state index in [4.69, 9.17) is 5.26 Å². The second-order valence-electron chi connectivity index (χ2n) is 3.48. The van der Waals surface area contributed by atoms with Crippen molar-refractivity contribution in [1.29, 1.82) is 5.26 Å². The zero-order valence-corrected chi connectivity index (χ0v) is 8.77. The van der Waals surface area contributed by atoms with Gasteiger partial charge in [0.05, 0.1) is 18.2 Å². The van der Waals surface area contributed by atoms with Crippen LogP contribution < -0.4 is 5.32 Å². The molecule has 1 N–H and O–H groups in total. The zero-order valence-electron chi connectivity index (χ0n) is 7.95. The number of nitriles is 1. The van der Waals surface area contributed by atoms with Crippen molar-refractivity contribution in [3.05, 3.63) is 40.1 Å². The highest BCUT2D eigenvalue weighted by Crippen LogP contribution is 2.38. The molecule has 1 aromatic carbocycles. The smallest absolute Gasteiger partial charge is 0.0991 e. The number of rotatable bonds is 0. The standard InChI is InChI=1S/C12H8N2S/c13-6-8-1-2-11-10(5-8)9-3-4-15-12(9)7-14-11/h1-5,14H,7H2. The Hall–Kier alpha value is -1.79. The van der Waals surface area contributed by atoms with E-state index in [1.165, 1.54) is 10.4 Å². The molecule has 0 bridgehead atoms. The maximum atomic E-state index is 8.87. The molecule has 1 aliphatic heterocycles. The largest absolute Gasteiger partial charge is 0.380 e. The van der Waals surface area contributed by atoms with Crippen molar-refractivity contribution in [2.24, 2.45) is 0 Å². The van der Waals surface area contributed by atoms with Crippen molar-refractivity contribution in [2.45, 2.75) is 6.54 Å². The van der Waals surface area contributed by atoms with Gasteiger partial charge in [-0.3, -0.25) is 0 Å². The van der Waals surface area contributed by atoms with Crippen LogP contribution in [0.15, 0.2) is 29.6 Å². The van der Waals surface area contributed by atoms with Crippen LogP contribution in [-0.2, 0) is 6.54 Å². The summed E-state index contributed by atoms with van der Waals surface area (Å²) in [6, 6.07) is 10.1. The van der Waals surface area contributed by atoms with Crippen molar-refractivity contribution in [3.8, 4) is 17.2 Å². The van der Waals surface area contributed by atoms with Crippen LogP contribution in [0.25, 0.3) is 11.1 Å². The van der Waals surface area contributed by atoms with Crippen LogP contribution in [-0.4, -0.2) is 0 Å². The number of benzene rings is 1. The molecule has 0 radical (unpaired) electrons. The first-order chi connectivity index (χ1) is 7.38. The second kappa shape index (κ2) is 3.11. The summed E-state index contributed by atoms with van der Waals surface area (Å²) in [4.78, 5) is 1.34. The van der Waals surface area contributed by atoms with E-state index >= 15 is 0 Å². The van der Waals surface area contributed by atoms with E-state index in [0.29, 0.717) is 0 Å². The predicted octanol–water partition coefficient (Wildman–Crippen LogP) is 3.21. The first-order valence-corrected chi connectivity index (χ1v) is 5.61. The molecule has 3 rings (SSSR count). The van der Waals surface area contributed by atoms with Gasteiger partial charge < -0.3 is 5.32 Å². The van der Waals surface area contributed by atoms with Gasteiger partial charge in [0.2, 0.25) is 0 Å². The van der Waals surface area contributed by atoms with Crippen molar-refractivity contribution in [2.75, 3.05) is 5.32 Å². The molecule has 1 aliphatic rings. The molecule has 0 aliphatic carbocycles. The Morgan fingerprint density at radius 2 is 2.20 bits per heavy atom. The van der Waals surface area contributed by atoms with E-state index in [-0.39, 0.29) is 0 Å². The molecule has 0 unspecified atom stereocenters. The average molecular weight is 212 g/mol. The van der Waals surface area contributed by atoms with Gasteiger partial charge in [0.15, 0.2) is 0 Å². The van der Waals surface area contributed by atoms with E-state index in [0.717, 1.165) is 23.4 Å². The fourth-order valence-electron chi connectivity index (χ4n) is 1.88. The third kappa shape index (κ3) is 1.23. The summed E-state index contributed by atoms with van der Waals surface area (Å²) in [6.07, 6.45) is 0. The van der Waals surface area contributed by atoms with Gasteiger partial charge in [-0.05, 0) is 35.2 Å². The van der Waals surface area contributed by atoms with Gasteiger partial charge in [-0.2, -0.15) is 5.26 Å². The van der Waals surface area contributed by atoms with Crippen LogP contribution in [0.1, 0.15) is 10.4 Å². The predicted molar refractivity (Wildman–Crippen MR) is 61.8 cm³/mol. The van der Waals surface area contributed by atoms with Gasteiger partial charge in [0.25, 0.3) is 0 Å². The van der Waals surface area contributed by atoms with Gasteiger partial charge in [-0.15, -0.1) is 11.3 Å². The minimum atomic E-state index is 0.717. The Morgan fingerprint density at radius 3 is 3.07 bits per heavy atom. The van der Waals surface area contributed by atoms with E-state index in [9.17, 15) is 0 Å². The monoisotopic (exact) mass is 212 g/mol. The first kappa shape index (κ1) is 8.51. The van der Waals surface area contributed by atoms with E-state index in [2.05, 4.69) is 22.8 Å². The summed E-state index contributed by atoms with van der Waals surface area (Å²) >= 11 is 1.76. The summed E-state index contributed by atoms with van der Waals surface area (Å²) < 4.78 is 0. The minimum absolute atomic E-state index is 0.717. The summed E-state index contributed by atoms with van der Waals surface area (Å²) in [5.41, 5.74) is 4.26. The number of anilines is 1. The molecule has 0 saturated carbocycles. The lowest BCUT2D eigenvalue weighted by molar-refractivity contribution is 1.17. The Bertz CT molecular complexity index is 563. The molecule has 0 spiro atoms. The molecule has 1 aromatic heterocycles. The number of fused-ring (bicyclic) bond motifs is 3. The molecule has 15 heavy (non-hydrogen) atoms. The lowest BCUT2D eigenvalue weighted by Gasteiger charge is -2.18. The summed E-state index contributed by atoms with van der Waals surface area (Å²) in [5.74, 6) is 0. The number of hydrogen-bond acceptors (Lipinski definition) is 3. The number of thiophene rings is 1. The highest BCUT2D eigenvalue weighted by Gasteiger charge is 2.16. The topological polar surface area (TPSA) is 35.8 Å². The Labute approximate surface area is 91.8 Å². The summed E-state index contributed by atoms with van der Waals surface area (Å²) in [5, 5.41) is 14.3. The molecular formula is C12H8N2S. The van der Waals surface area contributed by atoms with Crippen LogP contribution in [0, 0.1) is 11.3 Å². The maximum absolute atomic E-state index is 8.87. The van der Waals surface area contributed by atoms with Crippen molar-refractivity contribution >= 4 is 17.0 Å². The third-order valence-corrected chi connectivity index (χ3v) is 3.54. The van der Waals surface area contributed by atoms with E-state index < -0.39 is 0 Å². The van der Waals surface area contributed by atoms with Crippen molar-refractivity contribution < 1.29 is 0 Å². The second-order valence-corrected chi connectivity index (χ2v) is 4.48. The van der Waals surface area contributed by atoms with Gasteiger partial charge in [0.1, 0.15) is 0 Å². The van der Waals surface area contributed by atoms with Crippen LogP contribution >= 0.6 is 11.3 Å². The van der Waals surface area contributed by atoms with E-state index in [1.807, 2.05) is 18.2 Å². The zero-order chi connectivity index (χ0) is 10.3. The Kier molecular flexibility index (Phi) is 1.77. The third-order valence-electron chi connectivity index (χ3n) is 2.62. The molecule has 2 heterocycles. The molecule has 72 valence electrons. The highest BCUT2D eigenvalue weighted by atomic mass is 32.1. The first-order valence-electron chi connectivity index (χ1n) is 4.73. The van der Waals surface area contributed by atoms with Crippen LogP contribution in [0.2, 0.25) is 0 Å². The van der Waals surface area contributed by atoms with Crippen LogP contribution in [0.3, 0.4) is 0 Å². The quantitative estimate of drug-likeness (QED) is 0.727. The molecular weight excluding hydrogens is 204 g/mol. The van der Waals surface area contributed by atoms with E-state index in [1.54, 1.807) is 11.3 Å². The average Bonchev–Trinajstić information content (AvgIpc) is 2.76. The minimum Gasteiger partial charge on any atom is -0.380 e. The molecule has 2 aromatic rings. The van der Waals surface area contributed by atoms with Gasteiger partial charge >= 0.3 is 0 Å². The Morgan fingerprint density at radius 1 is 1.27 bits per heavy atom. The number of nitrogens with one attached hydrogen (secondary N) is 1. The molecule has 0 fully saturated rings. The lowest BCUT2D eigenvalue weighted by Crippen LogP contribution is -2.05. The molecule has 0 amide bonds. The molecule has 0 saturated heterocycles. The highest BCUT2D eigenvalue weighted by molar-refractivity contribution is 7.10. The van der Waals surface area contributed by atoms with Gasteiger partial charge in [-0.25, -0.2) is 0 Å². The van der Waals surface area contributed by atoms with Crippen molar-refractivity contribution in [1.82, 2.24) is 0 Å². The molecule has 3 heteroatoms. The maximum Gasteiger partial charge on any atom is 0.0991 e. The normalized spacial score (nSPS) is 12.2. The summed E-state index contributed by atoms with van der Waals surface area (Å²) in [6.45, 7) is 0.895.